The number of nitrogens with zero attached hydrogens (tertiary/aromatic N) is 1. The molecule has 1 aromatic carbocycles. The van der Waals surface area contributed by atoms with E-state index >= 15 is 0 Å². The number of halogens is 2. The summed E-state index contributed by atoms with van der Waals surface area (Å²) in [5.74, 6) is -2.67. The molecule has 0 fully saturated rings. The molecule has 110 valence electrons. The van der Waals surface area contributed by atoms with E-state index in [1.807, 2.05) is 12.1 Å². The van der Waals surface area contributed by atoms with E-state index < -0.39 is 5.76 Å². The first-order valence-corrected chi connectivity index (χ1v) is 7.25. The van der Waals surface area contributed by atoms with Gasteiger partial charge in [-0.15, -0.1) is 0 Å². The first-order valence-electron chi connectivity index (χ1n) is 6.37. The zero-order valence-corrected chi connectivity index (χ0v) is 11.9. The van der Waals surface area contributed by atoms with Gasteiger partial charge in [-0.2, -0.15) is 8.78 Å². The molecule has 21 heavy (non-hydrogen) atoms. The van der Waals surface area contributed by atoms with E-state index in [4.69, 9.17) is 0 Å². The van der Waals surface area contributed by atoms with Gasteiger partial charge in [-0.3, -0.25) is 9.78 Å². The molecule has 0 saturated carbocycles. The highest BCUT2D eigenvalue weighted by atomic mass is 32.2. The Morgan fingerprint density at radius 1 is 1.24 bits per heavy atom. The molecular weight excluding hydrogens is 294 g/mol. The van der Waals surface area contributed by atoms with Gasteiger partial charge in [-0.25, -0.2) is 0 Å². The molecule has 0 aliphatic carbocycles. The number of carbonyl (C=O) groups excluding carboxylic acids is 1. The van der Waals surface area contributed by atoms with Gasteiger partial charge in [0.25, 0.3) is 11.7 Å². The van der Waals surface area contributed by atoms with Crippen LogP contribution < -0.4 is 5.32 Å². The molecule has 2 aromatic rings. The molecule has 0 bridgehead atoms. The minimum atomic E-state index is -2.45. The van der Waals surface area contributed by atoms with Crippen LogP contribution in [-0.4, -0.2) is 23.2 Å². The highest BCUT2D eigenvalue weighted by molar-refractivity contribution is 7.99. The van der Waals surface area contributed by atoms with Crippen LogP contribution in [0.15, 0.2) is 53.7 Å². The second-order valence-electron chi connectivity index (χ2n) is 4.27. The van der Waals surface area contributed by atoms with E-state index in [1.54, 1.807) is 24.5 Å². The number of nitrogens with one attached hydrogen (secondary N) is 1. The highest BCUT2D eigenvalue weighted by Gasteiger charge is 2.08. The van der Waals surface area contributed by atoms with Gasteiger partial charge in [0.1, 0.15) is 0 Å². The molecule has 0 spiro atoms. The predicted molar refractivity (Wildman–Crippen MR) is 78.6 cm³/mol. The lowest BCUT2D eigenvalue weighted by molar-refractivity contribution is 0.0954. The van der Waals surface area contributed by atoms with Crippen LogP contribution >= 0.6 is 11.8 Å². The van der Waals surface area contributed by atoms with E-state index in [0.29, 0.717) is 35.2 Å². The van der Waals surface area contributed by atoms with E-state index in [1.165, 1.54) is 12.1 Å². The SMILES string of the molecule is O=C(NCCc1cccnc1)c1ccc(SC(F)F)cc1. The van der Waals surface area contributed by atoms with Gasteiger partial charge < -0.3 is 5.32 Å². The molecule has 2 rings (SSSR count). The third kappa shape index (κ3) is 5.15. The van der Waals surface area contributed by atoms with Crippen LogP contribution in [0, 0.1) is 0 Å². The lowest BCUT2D eigenvalue weighted by atomic mass is 10.2. The van der Waals surface area contributed by atoms with Gasteiger partial charge in [0, 0.05) is 29.4 Å². The number of carbonyl (C=O) groups is 1. The second kappa shape index (κ2) is 7.73. The number of amides is 1. The Morgan fingerprint density at radius 3 is 2.62 bits per heavy atom. The molecule has 0 atom stereocenters. The van der Waals surface area contributed by atoms with E-state index in [9.17, 15) is 13.6 Å². The van der Waals surface area contributed by atoms with Gasteiger partial charge in [0.2, 0.25) is 0 Å². The van der Waals surface area contributed by atoms with Crippen LogP contribution in [-0.2, 0) is 6.42 Å². The molecule has 0 unspecified atom stereocenters. The van der Waals surface area contributed by atoms with Crippen LogP contribution in [0.4, 0.5) is 8.78 Å². The van der Waals surface area contributed by atoms with E-state index in [2.05, 4.69) is 10.3 Å². The summed E-state index contributed by atoms with van der Waals surface area (Å²) >= 11 is 0.462. The fraction of sp³-hybridized carbons (Fsp3) is 0.200. The van der Waals surface area contributed by atoms with Crippen molar-refractivity contribution in [2.75, 3.05) is 6.54 Å². The highest BCUT2D eigenvalue weighted by Crippen LogP contribution is 2.25. The van der Waals surface area contributed by atoms with E-state index in [-0.39, 0.29) is 5.91 Å². The Morgan fingerprint density at radius 2 is 2.00 bits per heavy atom. The molecule has 6 heteroatoms. The second-order valence-corrected chi connectivity index (χ2v) is 5.33. The van der Waals surface area contributed by atoms with Crippen LogP contribution in [0.2, 0.25) is 0 Å². The number of hydrogen-bond acceptors (Lipinski definition) is 3. The van der Waals surface area contributed by atoms with Gasteiger partial charge in [0.15, 0.2) is 0 Å². The molecular formula is C15H14F2N2OS. The summed E-state index contributed by atoms with van der Waals surface area (Å²) < 4.78 is 24.4. The summed E-state index contributed by atoms with van der Waals surface area (Å²) in [6.45, 7) is 0.498. The van der Waals surface area contributed by atoms with Crippen molar-refractivity contribution in [2.24, 2.45) is 0 Å². The number of aromatic nitrogens is 1. The Kier molecular flexibility index (Phi) is 5.68. The monoisotopic (exact) mass is 308 g/mol. The third-order valence-electron chi connectivity index (χ3n) is 2.76. The smallest absolute Gasteiger partial charge is 0.288 e. The Labute approximate surface area is 125 Å². The topological polar surface area (TPSA) is 42.0 Å². The normalized spacial score (nSPS) is 10.6. The maximum atomic E-state index is 12.2. The average Bonchev–Trinajstić information content (AvgIpc) is 2.48. The Hall–Kier alpha value is -1.95. The fourth-order valence-corrected chi connectivity index (χ4v) is 2.26. The molecule has 1 heterocycles. The Bertz CT molecular complexity index is 576. The number of benzene rings is 1. The van der Waals surface area contributed by atoms with Crippen molar-refractivity contribution in [1.82, 2.24) is 10.3 Å². The van der Waals surface area contributed by atoms with Gasteiger partial charge >= 0.3 is 0 Å². The fourth-order valence-electron chi connectivity index (χ4n) is 1.76. The number of alkyl halides is 2. The third-order valence-corrected chi connectivity index (χ3v) is 3.49. The van der Waals surface area contributed by atoms with Gasteiger partial charge in [-0.1, -0.05) is 17.8 Å². The zero-order valence-electron chi connectivity index (χ0n) is 11.1. The zero-order chi connectivity index (χ0) is 15.1. The number of hydrogen-bond donors (Lipinski definition) is 1. The summed E-state index contributed by atoms with van der Waals surface area (Å²) in [6.07, 6.45) is 4.14. The minimum absolute atomic E-state index is 0.215. The average molecular weight is 308 g/mol. The first kappa shape index (κ1) is 15.4. The largest absolute Gasteiger partial charge is 0.352 e. The molecule has 0 aliphatic rings. The quantitative estimate of drug-likeness (QED) is 0.832. The summed E-state index contributed by atoms with van der Waals surface area (Å²) in [4.78, 5) is 16.3. The molecule has 0 saturated heterocycles. The summed E-state index contributed by atoms with van der Waals surface area (Å²) in [7, 11) is 0. The molecule has 1 aromatic heterocycles. The molecule has 1 amide bonds. The van der Waals surface area contributed by atoms with Crippen molar-refractivity contribution in [1.29, 1.82) is 0 Å². The van der Waals surface area contributed by atoms with Crippen molar-refractivity contribution in [3.8, 4) is 0 Å². The molecule has 1 N–H and O–H groups in total. The number of thioether (sulfide) groups is 1. The van der Waals surface area contributed by atoms with E-state index in [0.717, 1.165) is 5.56 Å². The van der Waals surface area contributed by atoms with Crippen LogP contribution in [0.5, 0.6) is 0 Å². The summed E-state index contributed by atoms with van der Waals surface area (Å²) in [5.41, 5.74) is 1.50. The minimum Gasteiger partial charge on any atom is -0.352 e. The standard InChI is InChI=1S/C15H14F2N2OS/c16-15(17)21-13-5-3-12(4-6-13)14(20)19-9-7-11-2-1-8-18-10-11/h1-6,8,10,15H,7,9H2,(H,19,20). The van der Waals surface area contributed by atoms with Crippen LogP contribution in [0.1, 0.15) is 15.9 Å². The van der Waals surface area contributed by atoms with Crippen LogP contribution in [0.25, 0.3) is 0 Å². The Balaban J connectivity index is 1.83. The van der Waals surface area contributed by atoms with Crippen molar-refractivity contribution in [3.05, 3.63) is 59.9 Å². The van der Waals surface area contributed by atoms with Crippen molar-refractivity contribution < 1.29 is 13.6 Å². The molecule has 3 nitrogen and oxygen atoms in total. The molecule has 0 radical (unpaired) electrons. The van der Waals surface area contributed by atoms with Crippen molar-refractivity contribution >= 4 is 17.7 Å². The lowest BCUT2D eigenvalue weighted by Crippen LogP contribution is -2.25. The van der Waals surface area contributed by atoms with Gasteiger partial charge in [-0.05, 0) is 42.3 Å². The molecule has 0 aliphatic heterocycles. The van der Waals surface area contributed by atoms with Gasteiger partial charge in [0.05, 0.1) is 0 Å². The predicted octanol–water partition coefficient (Wildman–Crippen LogP) is 3.37. The first-order chi connectivity index (χ1) is 10.1. The lowest BCUT2D eigenvalue weighted by Gasteiger charge is -2.06. The number of rotatable bonds is 6. The van der Waals surface area contributed by atoms with Crippen LogP contribution in [0.3, 0.4) is 0 Å². The van der Waals surface area contributed by atoms with Crippen molar-refractivity contribution in [2.45, 2.75) is 17.1 Å². The summed E-state index contributed by atoms with van der Waals surface area (Å²) in [5, 5.41) is 2.79. The maximum absolute atomic E-state index is 12.2. The maximum Gasteiger partial charge on any atom is 0.288 e. The number of pyridine rings is 1. The van der Waals surface area contributed by atoms with Crippen molar-refractivity contribution in [3.63, 3.8) is 0 Å². The summed E-state index contributed by atoms with van der Waals surface area (Å²) in [6, 6.07) is 9.92.